The minimum atomic E-state index is -0.779. The van der Waals surface area contributed by atoms with E-state index in [1.165, 1.54) is 57.1 Å². The molecule has 0 bridgehead atoms. The summed E-state index contributed by atoms with van der Waals surface area (Å²) in [6, 6.07) is 4.19. The molecule has 3 nitrogen and oxygen atoms in total. The van der Waals surface area contributed by atoms with E-state index in [1.807, 2.05) is 13.8 Å². The largest absolute Gasteiger partial charge is 0.330 e. The molecule has 0 saturated carbocycles. The molecule has 32 heavy (non-hydrogen) atoms. The van der Waals surface area contributed by atoms with E-state index in [0.717, 1.165) is 50.5 Å². The topological polar surface area (TPSA) is 27.7 Å². The zero-order chi connectivity index (χ0) is 23.4. The van der Waals surface area contributed by atoms with Crippen LogP contribution in [0.1, 0.15) is 110 Å². The quantitative estimate of drug-likeness (QED) is 0.137. The lowest BCUT2D eigenvalue weighted by molar-refractivity contribution is -0.302. The predicted octanol–water partition coefficient (Wildman–Crippen LogP) is 8.34. The summed E-state index contributed by atoms with van der Waals surface area (Å²) in [7, 11) is 0. The van der Waals surface area contributed by atoms with E-state index < -0.39 is 18.1 Å². The van der Waals surface area contributed by atoms with Crippen LogP contribution in [-0.4, -0.2) is 25.8 Å². The van der Waals surface area contributed by atoms with Crippen LogP contribution in [0.4, 0.5) is 8.78 Å². The standard InChI is InChI=1S/C27H46F2O3/c1-4-7-8-9-10-11-15-18-24(32-27(30-5-2)31-6-3)19-16-13-12-14-17-23-20-21-25(28)26(29)22-23/h20-22,24,27H,4-19H2,1-3H3. The summed E-state index contributed by atoms with van der Waals surface area (Å²) < 4.78 is 43.7. The summed E-state index contributed by atoms with van der Waals surface area (Å²) in [6.07, 6.45) is 16.3. The maximum atomic E-state index is 13.3. The van der Waals surface area contributed by atoms with Gasteiger partial charge in [-0.2, -0.15) is 0 Å². The lowest BCUT2D eigenvalue weighted by atomic mass is 10.0. The van der Waals surface area contributed by atoms with Gasteiger partial charge in [0.2, 0.25) is 0 Å². The van der Waals surface area contributed by atoms with Gasteiger partial charge in [-0.15, -0.1) is 0 Å². The molecule has 0 N–H and O–H groups in total. The Balaban J connectivity index is 2.31. The van der Waals surface area contributed by atoms with Crippen molar-refractivity contribution >= 4 is 0 Å². The number of unbranched alkanes of at least 4 members (excludes halogenated alkanes) is 9. The number of benzene rings is 1. The number of hydrogen-bond acceptors (Lipinski definition) is 3. The van der Waals surface area contributed by atoms with Crippen LogP contribution in [0.25, 0.3) is 0 Å². The second-order valence-corrected chi connectivity index (χ2v) is 8.57. The van der Waals surface area contributed by atoms with Crippen molar-refractivity contribution in [3.05, 3.63) is 35.4 Å². The van der Waals surface area contributed by atoms with Crippen LogP contribution in [-0.2, 0) is 20.6 Å². The summed E-state index contributed by atoms with van der Waals surface area (Å²) >= 11 is 0. The molecule has 1 aromatic carbocycles. The normalized spacial score (nSPS) is 12.6. The van der Waals surface area contributed by atoms with Crippen molar-refractivity contribution in [1.29, 1.82) is 0 Å². The van der Waals surface area contributed by atoms with Gasteiger partial charge in [0.1, 0.15) is 0 Å². The molecule has 1 atom stereocenters. The Morgan fingerprint density at radius 2 is 1.25 bits per heavy atom. The Kier molecular flexibility index (Phi) is 17.6. The van der Waals surface area contributed by atoms with Gasteiger partial charge in [-0.25, -0.2) is 8.78 Å². The number of halogens is 2. The summed E-state index contributed by atoms with van der Waals surface area (Å²) in [6.45, 7) is 6.71. The number of ether oxygens (including phenoxy) is 3. The molecule has 0 aliphatic rings. The zero-order valence-corrected chi connectivity index (χ0v) is 20.7. The van der Waals surface area contributed by atoms with Gasteiger partial charge < -0.3 is 14.2 Å². The first-order valence-electron chi connectivity index (χ1n) is 12.9. The maximum absolute atomic E-state index is 13.3. The monoisotopic (exact) mass is 456 g/mol. The van der Waals surface area contributed by atoms with Crippen molar-refractivity contribution < 1.29 is 23.0 Å². The van der Waals surface area contributed by atoms with E-state index in [0.29, 0.717) is 13.2 Å². The number of aryl methyl sites for hydroxylation is 1. The van der Waals surface area contributed by atoms with E-state index in [-0.39, 0.29) is 6.10 Å². The van der Waals surface area contributed by atoms with E-state index in [1.54, 1.807) is 6.07 Å². The second kappa shape index (κ2) is 19.4. The van der Waals surface area contributed by atoms with Gasteiger partial charge in [0.05, 0.1) is 6.10 Å². The number of hydrogen-bond donors (Lipinski definition) is 0. The Morgan fingerprint density at radius 3 is 1.81 bits per heavy atom. The van der Waals surface area contributed by atoms with E-state index in [9.17, 15) is 8.78 Å². The molecular weight excluding hydrogens is 410 g/mol. The minimum Gasteiger partial charge on any atom is -0.330 e. The molecule has 0 aromatic heterocycles. The highest BCUT2D eigenvalue weighted by molar-refractivity contribution is 5.17. The van der Waals surface area contributed by atoms with Crippen molar-refractivity contribution in [2.75, 3.05) is 13.2 Å². The van der Waals surface area contributed by atoms with Crippen molar-refractivity contribution in [3.8, 4) is 0 Å². The third-order valence-electron chi connectivity index (χ3n) is 5.76. The summed E-state index contributed by atoms with van der Waals surface area (Å²) in [5.74, 6) is -1.54. The average Bonchev–Trinajstić information content (AvgIpc) is 2.77. The van der Waals surface area contributed by atoms with Gasteiger partial charge in [0, 0.05) is 13.2 Å². The first kappa shape index (κ1) is 29.0. The van der Waals surface area contributed by atoms with Crippen LogP contribution in [0.2, 0.25) is 0 Å². The first-order valence-corrected chi connectivity index (χ1v) is 12.9. The highest BCUT2D eigenvalue weighted by atomic mass is 19.2. The Morgan fingerprint density at radius 1 is 0.688 bits per heavy atom. The van der Waals surface area contributed by atoms with E-state index >= 15 is 0 Å². The molecule has 5 heteroatoms. The smallest absolute Gasteiger partial charge is 0.271 e. The molecule has 0 spiro atoms. The number of rotatable bonds is 21. The molecule has 0 saturated heterocycles. The fourth-order valence-electron chi connectivity index (χ4n) is 3.92. The molecule has 186 valence electrons. The van der Waals surface area contributed by atoms with Gasteiger partial charge in [0.15, 0.2) is 11.6 Å². The van der Waals surface area contributed by atoms with Gasteiger partial charge >= 0.3 is 0 Å². The molecule has 0 heterocycles. The van der Waals surface area contributed by atoms with Crippen LogP contribution in [0.5, 0.6) is 0 Å². The zero-order valence-electron chi connectivity index (χ0n) is 20.7. The highest BCUT2D eigenvalue weighted by Crippen LogP contribution is 2.19. The molecule has 1 aromatic rings. The fraction of sp³-hybridized carbons (Fsp3) is 0.778. The molecule has 1 rings (SSSR count). The lowest BCUT2D eigenvalue weighted by Gasteiger charge is -2.24. The lowest BCUT2D eigenvalue weighted by Crippen LogP contribution is -2.27. The Hall–Kier alpha value is -1.04. The first-order chi connectivity index (χ1) is 15.6. The Bertz CT molecular complexity index is 562. The molecule has 0 aliphatic heterocycles. The predicted molar refractivity (Wildman–Crippen MR) is 128 cm³/mol. The van der Waals surface area contributed by atoms with Crippen LogP contribution in [0, 0.1) is 11.6 Å². The van der Waals surface area contributed by atoms with Crippen molar-refractivity contribution in [2.24, 2.45) is 0 Å². The van der Waals surface area contributed by atoms with E-state index in [2.05, 4.69) is 6.92 Å². The van der Waals surface area contributed by atoms with Crippen molar-refractivity contribution in [3.63, 3.8) is 0 Å². The van der Waals surface area contributed by atoms with Gasteiger partial charge in [-0.3, -0.25) is 0 Å². The molecule has 0 amide bonds. The minimum absolute atomic E-state index is 0.153. The molecule has 0 aliphatic carbocycles. The summed E-state index contributed by atoms with van der Waals surface area (Å²) in [5.41, 5.74) is 0.861. The Labute approximate surface area is 195 Å². The van der Waals surface area contributed by atoms with Gasteiger partial charge in [-0.1, -0.05) is 77.2 Å². The summed E-state index contributed by atoms with van der Waals surface area (Å²) in [5, 5.41) is 0. The maximum Gasteiger partial charge on any atom is 0.271 e. The fourth-order valence-corrected chi connectivity index (χ4v) is 3.92. The van der Waals surface area contributed by atoms with Crippen molar-refractivity contribution in [2.45, 2.75) is 123 Å². The SMILES string of the molecule is CCCCCCCCCC(CCCCCCc1ccc(F)c(F)c1)OC(OCC)OCC. The molecule has 1 unspecified atom stereocenters. The van der Waals surface area contributed by atoms with Crippen LogP contribution in [0.3, 0.4) is 0 Å². The van der Waals surface area contributed by atoms with Crippen LogP contribution in [0.15, 0.2) is 18.2 Å². The third-order valence-corrected chi connectivity index (χ3v) is 5.76. The van der Waals surface area contributed by atoms with Gasteiger partial charge in [0.25, 0.3) is 6.48 Å². The molecular formula is C27H46F2O3. The highest BCUT2D eigenvalue weighted by Gasteiger charge is 2.17. The van der Waals surface area contributed by atoms with Crippen molar-refractivity contribution in [1.82, 2.24) is 0 Å². The van der Waals surface area contributed by atoms with E-state index in [4.69, 9.17) is 14.2 Å². The van der Waals surface area contributed by atoms with Crippen LogP contribution < -0.4 is 0 Å². The summed E-state index contributed by atoms with van der Waals surface area (Å²) in [4.78, 5) is 0. The molecule has 0 fully saturated rings. The average molecular weight is 457 g/mol. The second-order valence-electron chi connectivity index (χ2n) is 8.57. The van der Waals surface area contributed by atoms with Gasteiger partial charge in [-0.05, 0) is 57.2 Å². The third kappa shape index (κ3) is 14.2. The molecule has 0 radical (unpaired) electrons. The van der Waals surface area contributed by atoms with Crippen LogP contribution >= 0.6 is 0 Å².